The molecule has 0 aromatic carbocycles. The van der Waals surface area contributed by atoms with Crippen LogP contribution in [-0.4, -0.2) is 0 Å². The first kappa shape index (κ1) is 10.3. The molecule has 0 radical (unpaired) electrons. The molecule has 0 fully saturated rings. The molecule has 0 aromatic rings. The van der Waals surface area contributed by atoms with Crippen LogP contribution < -0.4 is 5.73 Å². The molecule has 64 valence electrons. The molecule has 0 aliphatic heterocycles. The van der Waals surface area contributed by atoms with Crippen molar-refractivity contribution in [3.63, 3.8) is 0 Å². The number of hydrogen-bond acceptors (Lipinski definition) is 1. The van der Waals surface area contributed by atoms with E-state index in [1.807, 2.05) is 13.8 Å². The zero-order valence-corrected chi connectivity index (χ0v) is 8.07. The molecule has 0 aliphatic rings. The summed E-state index contributed by atoms with van der Waals surface area (Å²) in [6.07, 6.45) is 1.04. The van der Waals surface area contributed by atoms with Crippen LogP contribution in [0.5, 0.6) is 0 Å². The first-order valence-electron chi connectivity index (χ1n) is 4.06. The van der Waals surface area contributed by atoms with Gasteiger partial charge in [0.05, 0.1) is 0 Å². The molecule has 0 rings (SSSR count). The Morgan fingerprint density at radius 1 is 1.36 bits per heavy atom. The SMILES string of the molecule is C=C(C)/C(CC(C)C)=C(/C)N. The van der Waals surface area contributed by atoms with Gasteiger partial charge in [-0.3, -0.25) is 0 Å². The lowest BCUT2D eigenvalue weighted by atomic mass is 9.97. The fraction of sp³-hybridized carbons (Fsp3) is 0.600. The Labute approximate surface area is 70.0 Å². The van der Waals surface area contributed by atoms with Crippen molar-refractivity contribution in [1.82, 2.24) is 0 Å². The van der Waals surface area contributed by atoms with Crippen molar-refractivity contribution in [2.24, 2.45) is 11.7 Å². The summed E-state index contributed by atoms with van der Waals surface area (Å²) in [4.78, 5) is 0. The summed E-state index contributed by atoms with van der Waals surface area (Å²) in [6, 6.07) is 0. The van der Waals surface area contributed by atoms with Gasteiger partial charge in [-0.25, -0.2) is 0 Å². The van der Waals surface area contributed by atoms with Gasteiger partial charge in [0.25, 0.3) is 0 Å². The van der Waals surface area contributed by atoms with Crippen molar-refractivity contribution in [3.8, 4) is 0 Å². The molecule has 1 nitrogen and oxygen atoms in total. The zero-order valence-electron chi connectivity index (χ0n) is 8.07. The Kier molecular flexibility index (Phi) is 3.94. The summed E-state index contributed by atoms with van der Waals surface area (Å²) in [5, 5.41) is 0. The molecule has 0 aromatic heterocycles. The molecule has 0 bridgehead atoms. The van der Waals surface area contributed by atoms with Crippen molar-refractivity contribution in [2.75, 3.05) is 0 Å². The molecular formula is C10H19N. The van der Waals surface area contributed by atoms with Gasteiger partial charge in [-0.05, 0) is 31.8 Å². The van der Waals surface area contributed by atoms with Gasteiger partial charge < -0.3 is 5.73 Å². The van der Waals surface area contributed by atoms with Gasteiger partial charge in [0.2, 0.25) is 0 Å². The summed E-state index contributed by atoms with van der Waals surface area (Å²) in [5.41, 5.74) is 8.93. The molecule has 0 unspecified atom stereocenters. The van der Waals surface area contributed by atoms with Crippen LogP contribution in [0.3, 0.4) is 0 Å². The fourth-order valence-electron chi connectivity index (χ4n) is 1.08. The third-order valence-corrected chi connectivity index (χ3v) is 1.60. The highest BCUT2D eigenvalue weighted by Crippen LogP contribution is 2.18. The predicted octanol–water partition coefficient (Wildman–Crippen LogP) is 2.84. The summed E-state index contributed by atoms with van der Waals surface area (Å²) in [5.74, 6) is 0.653. The Morgan fingerprint density at radius 3 is 1.91 bits per heavy atom. The van der Waals surface area contributed by atoms with Crippen molar-refractivity contribution in [3.05, 3.63) is 23.4 Å². The topological polar surface area (TPSA) is 26.0 Å². The summed E-state index contributed by atoms with van der Waals surface area (Å²) in [7, 11) is 0. The molecule has 0 spiro atoms. The van der Waals surface area contributed by atoms with E-state index in [1.54, 1.807) is 0 Å². The second-order valence-electron chi connectivity index (χ2n) is 3.54. The minimum Gasteiger partial charge on any atom is -0.402 e. The van der Waals surface area contributed by atoms with Crippen LogP contribution in [0, 0.1) is 5.92 Å². The smallest absolute Gasteiger partial charge is 0.00839 e. The van der Waals surface area contributed by atoms with E-state index in [0.717, 1.165) is 17.7 Å². The van der Waals surface area contributed by atoms with Gasteiger partial charge >= 0.3 is 0 Å². The maximum absolute atomic E-state index is 5.70. The number of nitrogens with two attached hydrogens (primary N) is 1. The Balaban J connectivity index is 4.39. The average molecular weight is 153 g/mol. The number of hydrogen-bond donors (Lipinski definition) is 1. The maximum atomic E-state index is 5.70. The molecule has 2 N–H and O–H groups in total. The monoisotopic (exact) mass is 153 g/mol. The first-order valence-corrected chi connectivity index (χ1v) is 4.06. The van der Waals surface area contributed by atoms with E-state index in [2.05, 4.69) is 20.4 Å². The maximum Gasteiger partial charge on any atom is 0.00839 e. The molecule has 0 aliphatic carbocycles. The van der Waals surface area contributed by atoms with E-state index in [0.29, 0.717) is 5.92 Å². The zero-order chi connectivity index (χ0) is 9.02. The van der Waals surface area contributed by atoms with Gasteiger partial charge in [-0.15, -0.1) is 0 Å². The highest BCUT2D eigenvalue weighted by atomic mass is 14.6. The molecule has 11 heavy (non-hydrogen) atoms. The van der Waals surface area contributed by atoms with Crippen LogP contribution >= 0.6 is 0 Å². The van der Waals surface area contributed by atoms with Crippen LogP contribution in [0.2, 0.25) is 0 Å². The lowest BCUT2D eigenvalue weighted by Crippen LogP contribution is -2.02. The van der Waals surface area contributed by atoms with E-state index in [-0.39, 0.29) is 0 Å². The molecular weight excluding hydrogens is 134 g/mol. The van der Waals surface area contributed by atoms with Crippen LogP contribution in [0.15, 0.2) is 23.4 Å². The molecule has 0 amide bonds. The predicted molar refractivity (Wildman–Crippen MR) is 51.2 cm³/mol. The van der Waals surface area contributed by atoms with E-state index in [1.165, 1.54) is 5.57 Å². The highest BCUT2D eigenvalue weighted by Gasteiger charge is 2.03. The van der Waals surface area contributed by atoms with E-state index < -0.39 is 0 Å². The Bertz CT molecular complexity index is 171. The summed E-state index contributed by atoms with van der Waals surface area (Å²) >= 11 is 0. The molecule has 0 heterocycles. The first-order chi connectivity index (χ1) is 4.95. The third kappa shape index (κ3) is 3.87. The largest absolute Gasteiger partial charge is 0.402 e. The average Bonchev–Trinajstić information content (AvgIpc) is 1.81. The van der Waals surface area contributed by atoms with Crippen LogP contribution in [0.4, 0.5) is 0 Å². The lowest BCUT2D eigenvalue weighted by molar-refractivity contribution is 0.641. The molecule has 0 saturated carbocycles. The lowest BCUT2D eigenvalue weighted by Gasteiger charge is -2.11. The molecule has 1 heteroatoms. The van der Waals surface area contributed by atoms with Crippen molar-refractivity contribution >= 4 is 0 Å². The third-order valence-electron chi connectivity index (χ3n) is 1.60. The Morgan fingerprint density at radius 2 is 1.82 bits per heavy atom. The molecule has 0 saturated heterocycles. The Hall–Kier alpha value is -0.720. The van der Waals surface area contributed by atoms with Gasteiger partial charge in [0.15, 0.2) is 0 Å². The van der Waals surface area contributed by atoms with Crippen molar-refractivity contribution in [1.29, 1.82) is 0 Å². The van der Waals surface area contributed by atoms with Crippen LogP contribution in [-0.2, 0) is 0 Å². The van der Waals surface area contributed by atoms with E-state index in [4.69, 9.17) is 5.73 Å². The number of allylic oxidation sites excluding steroid dienone is 3. The van der Waals surface area contributed by atoms with E-state index in [9.17, 15) is 0 Å². The minimum atomic E-state index is 0.653. The fourth-order valence-corrected chi connectivity index (χ4v) is 1.08. The second-order valence-corrected chi connectivity index (χ2v) is 3.54. The normalized spacial score (nSPS) is 13.2. The van der Waals surface area contributed by atoms with Crippen molar-refractivity contribution < 1.29 is 0 Å². The summed E-state index contributed by atoms with van der Waals surface area (Å²) < 4.78 is 0. The van der Waals surface area contributed by atoms with Gasteiger partial charge in [0, 0.05) is 5.70 Å². The van der Waals surface area contributed by atoms with E-state index >= 15 is 0 Å². The highest BCUT2D eigenvalue weighted by molar-refractivity contribution is 5.29. The standard InChI is InChI=1S/C10H19N/c1-7(2)6-10(8(3)4)9(5)11/h7H,3,6,11H2,1-2,4-5H3/b10-9-. The van der Waals surface area contributed by atoms with Gasteiger partial charge in [-0.2, -0.15) is 0 Å². The van der Waals surface area contributed by atoms with Gasteiger partial charge in [0.1, 0.15) is 0 Å². The quantitative estimate of drug-likeness (QED) is 0.620. The minimum absolute atomic E-state index is 0.653. The van der Waals surface area contributed by atoms with Crippen LogP contribution in [0.25, 0.3) is 0 Å². The van der Waals surface area contributed by atoms with Gasteiger partial charge in [-0.1, -0.05) is 26.0 Å². The van der Waals surface area contributed by atoms with Crippen molar-refractivity contribution in [2.45, 2.75) is 34.1 Å². The molecule has 0 atom stereocenters. The van der Waals surface area contributed by atoms with Crippen LogP contribution in [0.1, 0.15) is 34.1 Å². The number of rotatable bonds is 3. The summed E-state index contributed by atoms with van der Waals surface area (Å²) in [6.45, 7) is 12.2. The second kappa shape index (κ2) is 4.22.